The van der Waals surface area contributed by atoms with Crippen LogP contribution in [-0.4, -0.2) is 39.5 Å². The van der Waals surface area contributed by atoms with Gasteiger partial charge in [-0.15, -0.1) is 0 Å². The van der Waals surface area contributed by atoms with Crippen molar-refractivity contribution >= 4 is 35.8 Å². The number of hydrogen-bond donors (Lipinski definition) is 2. The van der Waals surface area contributed by atoms with Gasteiger partial charge < -0.3 is 10.0 Å². The van der Waals surface area contributed by atoms with E-state index in [1.165, 1.54) is 0 Å². The van der Waals surface area contributed by atoms with Crippen LogP contribution >= 0.6 is 23.2 Å². The maximum Gasteiger partial charge on any atom is 0.488 e. The second-order valence-electron chi connectivity index (χ2n) is 18.4. The first-order valence-corrected chi connectivity index (χ1v) is 27.3. The van der Waals surface area contributed by atoms with Crippen LogP contribution in [-0.2, 0) is 0 Å². The van der Waals surface area contributed by atoms with Gasteiger partial charge in [0.15, 0.2) is 5.82 Å². The van der Waals surface area contributed by atoms with Crippen LogP contribution in [0, 0.1) is 11.6 Å². The minimum absolute atomic E-state index is 0.0225. The van der Waals surface area contributed by atoms with Crippen LogP contribution in [0.3, 0.4) is 0 Å². The van der Waals surface area contributed by atoms with Crippen molar-refractivity contribution in [1.82, 2.24) is 9.97 Å². The summed E-state index contributed by atoms with van der Waals surface area (Å²) in [6.07, 6.45) is -8.00. The van der Waals surface area contributed by atoms with Crippen LogP contribution in [0.1, 0.15) is 27.7 Å². The largest absolute Gasteiger partial charge is 0.488 e. The van der Waals surface area contributed by atoms with Gasteiger partial charge in [0.1, 0.15) is 5.82 Å². The van der Waals surface area contributed by atoms with Crippen molar-refractivity contribution in [1.29, 1.82) is 0 Å². The molecular weight excluding hydrogens is 1130 g/mol. The van der Waals surface area contributed by atoms with Gasteiger partial charge in [-0.2, -0.15) is 26.3 Å². The molecule has 15 heteroatoms. The van der Waals surface area contributed by atoms with E-state index in [1.54, 1.807) is 36.4 Å². The minimum atomic E-state index is -4.00. The zero-order chi connectivity index (χ0) is 61.5. The van der Waals surface area contributed by atoms with E-state index in [9.17, 15) is 30.7 Å². The standard InChI is InChI=1S/C35H24FN.C23H14Cl2FN.C6H7BO2.2C2H3F3.C2H6/c36-35-31(26-15-7-2-8-16-26)21-30(22-32(35)27-17-9-3-10-18-27)34-24-29(25-13-5-1-6-14-25)23-33(37-34)28-19-11-4-12-20-28;24-19-11-18(12-20(25)23(19)26)22-14-17(15-7-3-1-4-8-15)13-21(27-22)16-9-5-2-6-10-16;8-7(9)6-4-2-1-3-5-6;2*1-2(3,4)5;1-2/h1-24H;1-14H;1-5,8-9H;2*1H3;1-2H3. The van der Waals surface area contributed by atoms with E-state index in [4.69, 9.17) is 43.2 Å². The maximum absolute atomic E-state index is 16.0. The molecular formula is C70H57BCl2F8N2O2. The summed E-state index contributed by atoms with van der Waals surface area (Å²) >= 11 is 12.0. The maximum atomic E-state index is 16.0. The van der Waals surface area contributed by atoms with Crippen LogP contribution in [0.5, 0.6) is 0 Å². The Morgan fingerprint density at radius 1 is 0.318 bits per heavy atom. The summed E-state index contributed by atoms with van der Waals surface area (Å²) in [5.74, 6) is -0.853. The van der Waals surface area contributed by atoms with Crippen LogP contribution in [0.15, 0.2) is 261 Å². The summed E-state index contributed by atoms with van der Waals surface area (Å²) in [7, 11) is -1.34. The molecule has 2 aromatic heterocycles. The first-order chi connectivity index (χ1) is 40.7. The van der Waals surface area contributed by atoms with Gasteiger partial charge in [-0.25, -0.2) is 18.7 Å². The number of halogens is 10. The van der Waals surface area contributed by atoms with Crippen molar-refractivity contribution in [2.75, 3.05) is 0 Å². The first-order valence-electron chi connectivity index (χ1n) is 26.6. The predicted molar refractivity (Wildman–Crippen MR) is 333 cm³/mol. The van der Waals surface area contributed by atoms with Gasteiger partial charge in [-0.3, -0.25) is 0 Å². The molecule has 9 aromatic carbocycles. The lowest BCUT2D eigenvalue weighted by atomic mass is 9.81. The summed E-state index contributed by atoms with van der Waals surface area (Å²) in [6, 6.07) is 83.6. The normalized spacial score (nSPS) is 10.6. The van der Waals surface area contributed by atoms with Crippen LogP contribution < -0.4 is 5.46 Å². The molecule has 11 rings (SSSR count). The SMILES string of the molecule is CC.CC(F)(F)F.CC(F)(F)F.Fc1c(-c2ccccc2)cc(-c2cc(-c3ccccc3)cc(-c3ccccc3)n2)cc1-c1ccccc1.Fc1c(Cl)cc(-c2cc(-c3ccccc3)cc(-c3ccccc3)n2)cc1Cl.OB(O)c1ccccc1. The second kappa shape index (κ2) is 31.8. The van der Waals surface area contributed by atoms with Crippen molar-refractivity contribution in [2.45, 2.75) is 40.0 Å². The fourth-order valence-electron chi connectivity index (χ4n) is 8.22. The molecule has 0 amide bonds. The van der Waals surface area contributed by atoms with E-state index >= 15 is 4.39 Å². The van der Waals surface area contributed by atoms with Crippen LogP contribution in [0.2, 0.25) is 10.0 Å². The van der Waals surface area contributed by atoms with E-state index < -0.39 is 25.3 Å². The van der Waals surface area contributed by atoms with E-state index in [1.807, 2.05) is 202 Å². The highest BCUT2D eigenvalue weighted by atomic mass is 35.5. The summed E-state index contributed by atoms with van der Waals surface area (Å²) in [5, 5.41) is 17.1. The fourth-order valence-corrected chi connectivity index (χ4v) is 8.71. The zero-order valence-electron chi connectivity index (χ0n) is 46.5. The molecule has 0 saturated heterocycles. The molecule has 0 bridgehead atoms. The third kappa shape index (κ3) is 20.8. The molecule has 0 aliphatic heterocycles. The summed E-state index contributed by atoms with van der Waals surface area (Å²) in [4.78, 5) is 9.85. The molecule has 0 saturated carbocycles. The van der Waals surface area contributed by atoms with E-state index in [0.29, 0.717) is 27.8 Å². The predicted octanol–water partition coefficient (Wildman–Crippen LogP) is 20.6. The number of benzene rings is 9. The molecule has 0 spiro atoms. The Morgan fingerprint density at radius 3 is 0.824 bits per heavy atom. The van der Waals surface area contributed by atoms with Crippen LogP contribution in [0.25, 0.3) is 89.5 Å². The molecule has 432 valence electrons. The van der Waals surface area contributed by atoms with Gasteiger partial charge >= 0.3 is 19.5 Å². The van der Waals surface area contributed by atoms with Crippen LogP contribution in [0.4, 0.5) is 35.1 Å². The molecule has 0 aliphatic carbocycles. The summed E-state index contributed by atoms with van der Waals surface area (Å²) in [6.45, 7) is 4.38. The third-order valence-corrected chi connectivity index (χ3v) is 12.5. The fraction of sp³-hybridized carbons (Fsp3) is 0.0857. The Bertz CT molecular complexity index is 3570. The zero-order valence-corrected chi connectivity index (χ0v) is 48.0. The average Bonchev–Trinajstić information content (AvgIpc) is 3.70. The molecule has 2 N–H and O–H groups in total. The molecule has 0 unspecified atom stereocenters. The number of rotatable bonds is 9. The van der Waals surface area contributed by atoms with E-state index in [0.717, 1.165) is 67.2 Å². The van der Waals surface area contributed by atoms with E-state index in [2.05, 4.69) is 36.4 Å². The van der Waals surface area contributed by atoms with Crippen molar-refractivity contribution < 1.29 is 45.2 Å². The molecule has 0 fully saturated rings. The molecule has 11 aromatic rings. The highest BCUT2D eigenvalue weighted by Crippen LogP contribution is 2.39. The average molecular weight is 1190 g/mol. The lowest BCUT2D eigenvalue weighted by molar-refractivity contribution is -0.111. The number of aromatic nitrogens is 2. The monoisotopic (exact) mass is 1190 g/mol. The number of alkyl halides is 6. The van der Waals surface area contributed by atoms with Gasteiger partial charge in [0.25, 0.3) is 0 Å². The highest BCUT2D eigenvalue weighted by Gasteiger charge is 2.19. The lowest BCUT2D eigenvalue weighted by Gasteiger charge is -2.15. The summed E-state index contributed by atoms with van der Waals surface area (Å²) < 4.78 is 92.0. The van der Waals surface area contributed by atoms with Gasteiger partial charge in [-0.1, -0.05) is 249 Å². The highest BCUT2D eigenvalue weighted by molar-refractivity contribution is 6.58. The van der Waals surface area contributed by atoms with Crippen molar-refractivity contribution in [2.24, 2.45) is 0 Å². The molecule has 0 radical (unpaired) electrons. The third-order valence-electron chi connectivity index (χ3n) is 11.9. The molecule has 4 nitrogen and oxygen atoms in total. The van der Waals surface area contributed by atoms with Crippen molar-refractivity contribution in [3.05, 3.63) is 283 Å². The smallest absolute Gasteiger partial charge is 0.423 e. The number of hydrogen-bond acceptors (Lipinski definition) is 4. The second-order valence-corrected chi connectivity index (χ2v) is 19.2. The number of nitrogens with zero attached hydrogens (tertiary/aromatic N) is 2. The Kier molecular flexibility index (Phi) is 24.5. The molecule has 0 aliphatic rings. The van der Waals surface area contributed by atoms with Gasteiger partial charge in [0, 0.05) is 47.2 Å². The Hall–Kier alpha value is -8.72. The topological polar surface area (TPSA) is 66.2 Å². The Labute approximate surface area is 500 Å². The quantitative estimate of drug-likeness (QED) is 0.0859. The Balaban J connectivity index is 0.000000209. The minimum Gasteiger partial charge on any atom is -0.423 e. The van der Waals surface area contributed by atoms with Gasteiger partial charge in [0.2, 0.25) is 0 Å². The van der Waals surface area contributed by atoms with Crippen molar-refractivity contribution in [3.8, 4) is 89.5 Å². The molecule has 2 heterocycles. The van der Waals surface area contributed by atoms with Gasteiger partial charge in [0.05, 0.1) is 32.8 Å². The van der Waals surface area contributed by atoms with Crippen molar-refractivity contribution in [3.63, 3.8) is 0 Å². The van der Waals surface area contributed by atoms with E-state index in [-0.39, 0.29) is 29.7 Å². The lowest BCUT2D eigenvalue weighted by Crippen LogP contribution is -2.29. The molecule has 0 atom stereocenters. The Morgan fingerprint density at radius 2 is 0.553 bits per heavy atom. The van der Waals surface area contributed by atoms with Gasteiger partial charge in [-0.05, 0) is 87.4 Å². The summed E-state index contributed by atoms with van der Waals surface area (Å²) in [5.41, 5.74) is 14.3. The first kappa shape index (κ1) is 65.4. The number of pyridine rings is 2. The molecule has 85 heavy (non-hydrogen) atoms.